The van der Waals surface area contributed by atoms with E-state index in [1.165, 1.54) is 26.1 Å². The Morgan fingerprint density at radius 3 is 2.54 bits per heavy atom. The molecule has 0 unspecified atom stereocenters. The van der Waals surface area contributed by atoms with Gasteiger partial charge >= 0.3 is 17.9 Å². The molecule has 1 aliphatic rings. The first-order valence-corrected chi connectivity index (χ1v) is 7.05. The lowest BCUT2D eigenvalue weighted by molar-refractivity contribution is -0.222. The van der Waals surface area contributed by atoms with E-state index in [-0.39, 0.29) is 11.3 Å². The van der Waals surface area contributed by atoms with Gasteiger partial charge in [0.25, 0.3) is 5.79 Å². The SMILES string of the molecule is CC1(C)OC(=O)C(=CNc2cccc3[nH]c(C(=O)O)cc23)C(=O)O1. The molecule has 124 valence electrons. The van der Waals surface area contributed by atoms with Crippen LogP contribution in [-0.2, 0) is 19.1 Å². The smallest absolute Gasteiger partial charge is 0.352 e. The van der Waals surface area contributed by atoms with Crippen LogP contribution in [0.5, 0.6) is 0 Å². The van der Waals surface area contributed by atoms with E-state index in [4.69, 9.17) is 14.6 Å². The average molecular weight is 330 g/mol. The second kappa shape index (κ2) is 5.41. The van der Waals surface area contributed by atoms with Crippen molar-refractivity contribution in [3.05, 3.63) is 41.7 Å². The number of carbonyl (C=O) groups excluding carboxylic acids is 2. The van der Waals surface area contributed by atoms with Gasteiger partial charge in [-0.2, -0.15) is 0 Å². The molecule has 3 rings (SSSR count). The third-order valence-electron chi connectivity index (χ3n) is 3.38. The van der Waals surface area contributed by atoms with Crippen LogP contribution in [-0.4, -0.2) is 33.8 Å². The third kappa shape index (κ3) is 2.81. The zero-order valence-corrected chi connectivity index (χ0v) is 12.9. The van der Waals surface area contributed by atoms with Crippen LogP contribution in [0, 0.1) is 0 Å². The standard InChI is InChI=1S/C16H14N2O6/c1-16(2)23-14(21)9(15(22)24-16)7-17-10-4-3-5-11-8(10)6-12(18-11)13(19)20/h3-7,17-18H,1-2H3,(H,19,20). The molecule has 0 bridgehead atoms. The fourth-order valence-electron chi connectivity index (χ4n) is 2.32. The quantitative estimate of drug-likeness (QED) is 0.447. The second-order valence-corrected chi connectivity index (χ2v) is 5.64. The van der Waals surface area contributed by atoms with Crippen molar-refractivity contribution in [3.63, 3.8) is 0 Å². The molecule has 0 amide bonds. The number of aromatic carboxylic acids is 1. The van der Waals surface area contributed by atoms with Gasteiger partial charge in [0.15, 0.2) is 5.57 Å². The zero-order chi connectivity index (χ0) is 17.5. The van der Waals surface area contributed by atoms with Gasteiger partial charge in [0.1, 0.15) is 5.69 Å². The largest absolute Gasteiger partial charge is 0.477 e. The number of hydrogen-bond donors (Lipinski definition) is 3. The number of benzene rings is 1. The number of carboxylic acid groups (broad SMARTS) is 1. The summed E-state index contributed by atoms with van der Waals surface area (Å²) in [6.07, 6.45) is 1.18. The Kier molecular flexibility index (Phi) is 3.52. The van der Waals surface area contributed by atoms with Crippen molar-refractivity contribution in [2.24, 2.45) is 0 Å². The maximum Gasteiger partial charge on any atom is 0.352 e. The Morgan fingerprint density at radius 2 is 1.92 bits per heavy atom. The highest BCUT2D eigenvalue weighted by Gasteiger charge is 2.38. The summed E-state index contributed by atoms with van der Waals surface area (Å²) in [5.74, 6) is -3.98. The van der Waals surface area contributed by atoms with E-state index in [2.05, 4.69) is 10.3 Å². The van der Waals surface area contributed by atoms with E-state index in [9.17, 15) is 14.4 Å². The number of ether oxygens (including phenoxy) is 2. The number of H-pyrrole nitrogens is 1. The van der Waals surface area contributed by atoms with Crippen molar-refractivity contribution in [1.82, 2.24) is 4.98 Å². The van der Waals surface area contributed by atoms with Crippen molar-refractivity contribution in [3.8, 4) is 0 Å². The predicted octanol–water partition coefficient (Wildman–Crippen LogP) is 2.00. The summed E-state index contributed by atoms with van der Waals surface area (Å²) in [5, 5.41) is 12.5. The van der Waals surface area contributed by atoms with Gasteiger partial charge in [0.2, 0.25) is 0 Å². The molecule has 0 atom stereocenters. The fraction of sp³-hybridized carbons (Fsp3) is 0.188. The molecule has 24 heavy (non-hydrogen) atoms. The number of esters is 2. The van der Waals surface area contributed by atoms with E-state index >= 15 is 0 Å². The molecule has 3 N–H and O–H groups in total. The monoisotopic (exact) mass is 330 g/mol. The number of nitrogens with one attached hydrogen (secondary N) is 2. The normalized spacial score (nSPS) is 16.5. The van der Waals surface area contributed by atoms with E-state index in [0.717, 1.165) is 0 Å². The molecule has 0 saturated carbocycles. The molecule has 8 nitrogen and oxygen atoms in total. The van der Waals surface area contributed by atoms with Gasteiger partial charge < -0.3 is 24.9 Å². The number of cyclic esters (lactones) is 2. The number of carboxylic acids is 1. The zero-order valence-electron chi connectivity index (χ0n) is 12.9. The summed E-state index contributed by atoms with van der Waals surface area (Å²) < 4.78 is 9.99. The Balaban J connectivity index is 1.92. The Labute approximate surface area is 136 Å². The van der Waals surface area contributed by atoms with Crippen molar-refractivity contribution < 1.29 is 29.0 Å². The molecule has 2 heterocycles. The van der Waals surface area contributed by atoms with Gasteiger partial charge in [-0.25, -0.2) is 14.4 Å². The van der Waals surface area contributed by atoms with E-state index in [1.807, 2.05) is 0 Å². The molecule has 1 fully saturated rings. The van der Waals surface area contributed by atoms with Crippen molar-refractivity contribution in [2.75, 3.05) is 5.32 Å². The second-order valence-electron chi connectivity index (χ2n) is 5.64. The summed E-state index contributed by atoms with van der Waals surface area (Å²) in [5.41, 5.74) is 0.880. The summed E-state index contributed by atoms with van der Waals surface area (Å²) >= 11 is 0. The topological polar surface area (TPSA) is 118 Å². The van der Waals surface area contributed by atoms with Crippen LogP contribution in [0.1, 0.15) is 24.3 Å². The predicted molar refractivity (Wildman–Crippen MR) is 83.2 cm³/mol. The minimum absolute atomic E-state index is 0.0325. The van der Waals surface area contributed by atoms with Gasteiger partial charge in [-0.15, -0.1) is 0 Å². The van der Waals surface area contributed by atoms with Crippen LogP contribution in [0.2, 0.25) is 0 Å². The van der Waals surface area contributed by atoms with Crippen molar-refractivity contribution >= 4 is 34.5 Å². The molecule has 1 saturated heterocycles. The summed E-state index contributed by atoms with van der Waals surface area (Å²) in [6.45, 7) is 2.92. The molecule has 2 aromatic rings. The Bertz CT molecular complexity index is 871. The third-order valence-corrected chi connectivity index (χ3v) is 3.38. The van der Waals surface area contributed by atoms with Crippen LogP contribution >= 0.6 is 0 Å². The molecule has 0 radical (unpaired) electrons. The first-order valence-electron chi connectivity index (χ1n) is 7.05. The van der Waals surface area contributed by atoms with E-state index < -0.39 is 23.7 Å². The molecule has 0 spiro atoms. The van der Waals surface area contributed by atoms with E-state index in [1.54, 1.807) is 18.2 Å². The highest BCUT2D eigenvalue weighted by atomic mass is 16.7. The maximum absolute atomic E-state index is 11.9. The molecular formula is C16H14N2O6. The highest BCUT2D eigenvalue weighted by Crippen LogP contribution is 2.26. The first kappa shape index (κ1) is 15.6. The minimum Gasteiger partial charge on any atom is -0.477 e. The number of aromatic nitrogens is 1. The lowest BCUT2D eigenvalue weighted by Gasteiger charge is -2.29. The van der Waals surface area contributed by atoms with Crippen LogP contribution in [0.25, 0.3) is 10.9 Å². The van der Waals surface area contributed by atoms with Crippen LogP contribution < -0.4 is 5.32 Å². The molecule has 1 aromatic heterocycles. The number of carbonyl (C=O) groups is 3. The summed E-state index contributed by atoms with van der Waals surface area (Å²) in [7, 11) is 0. The molecular weight excluding hydrogens is 316 g/mol. The molecule has 8 heteroatoms. The molecule has 1 aromatic carbocycles. The highest BCUT2D eigenvalue weighted by molar-refractivity contribution is 6.15. The Morgan fingerprint density at radius 1 is 1.25 bits per heavy atom. The van der Waals surface area contributed by atoms with Gasteiger partial charge in [0, 0.05) is 36.6 Å². The first-order chi connectivity index (χ1) is 11.3. The van der Waals surface area contributed by atoms with Gasteiger partial charge in [0.05, 0.1) is 0 Å². The minimum atomic E-state index is -1.30. The van der Waals surface area contributed by atoms with Crippen LogP contribution in [0.15, 0.2) is 36.0 Å². The molecule has 1 aliphatic heterocycles. The number of rotatable bonds is 3. The summed E-state index contributed by atoms with van der Waals surface area (Å²) in [4.78, 5) is 37.6. The van der Waals surface area contributed by atoms with Crippen molar-refractivity contribution in [1.29, 1.82) is 0 Å². The maximum atomic E-state index is 11.9. The van der Waals surface area contributed by atoms with E-state index in [0.29, 0.717) is 16.6 Å². The number of anilines is 1. The van der Waals surface area contributed by atoms with Gasteiger partial charge in [-0.05, 0) is 18.2 Å². The van der Waals surface area contributed by atoms with Gasteiger partial charge in [-0.3, -0.25) is 0 Å². The van der Waals surface area contributed by atoms with Crippen LogP contribution in [0.4, 0.5) is 5.69 Å². The van der Waals surface area contributed by atoms with Gasteiger partial charge in [-0.1, -0.05) is 6.07 Å². The summed E-state index contributed by atoms with van der Waals surface area (Å²) in [6, 6.07) is 6.55. The average Bonchev–Trinajstić information content (AvgIpc) is 2.90. The van der Waals surface area contributed by atoms with Crippen LogP contribution in [0.3, 0.4) is 0 Å². The number of aromatic amines is 1. The lowest BCUT2D eigenvalue weighted by atomic mass is 10.2. The number of hydrogen-bond acceptors (Lipinski definition) is 6. The van der Waals surface area contributed by atoms with Crippen molar-refractivity contribution in [2.45, 2.75) is 19.6 Å². The fourth-order valence-corrected chi connectivity index (χ4v) is 2.32. The lowest BCUT2D eigenvalue weighted by Crippen LogP contribution is -2.42. The number of fused-ring (bicyclic) bond motifs is 1. The molecule has 0 aliphatic carbocycles. The Hall–Kier alpha value is -3.29.